The van der Waals surface area contributed by atoms with E-state index in [4.69, 9.17) is 0 Å². The van der Waals surface area contributed by atoms with Crippen LogP contribution in [0.3, 0.4) is 0 Å². The summed E-state index contributed by atoms with van der Waals surface area (Å²) in [4.78, 5) is 0. The minimum Gasteiger partial charge on any atom is -0.309 e. The van der Waals surface area contributed by atoms with E-state index in [2.05, 4.69) is 191 Å². The van der Waals surface area contributed by atoms with E-state index in [-0.39, 0.29) is 0 Å². The van der Waals surface area contributed by atoms with E-state index in [0.717, 1.165) is 5.69 Å². The third-order valence-corrected chi connectivity index (χ3v) is 9.89. The molecule has 0 amide bonds. The Morgan fingerprint density at radius 1 is 0.292 bits per heavy atom. The quantitative estimate of drug-likeness (QED) is 0.188. The fourth-order valence-corrected chi connectivity index (χ4v) is 7.79. The van der Waals surface area contributed by atoms with Crippen molar-refractivity contribution in [3.05, 3.63) is 182 Å². The van der Waals surface area contributed by atoms with Crippen LogP contribution in [0.2, 0.25) is 0 Å². The van der Waals surface area contributed by atoms with Crippen LogP contribution < -0.4 is 0 Å². The van der Waals surface area contributed by atoms with Gasteiger partial charge in [0.15, 0.2) is 0 Å². The molecule has 10 aromatic rings. The first kappa shape index (κ1) is 26.8. The van der Waals surface area contributed by atoms with Crippen molar-refractivity contribution in [2.24, 2.45) is 0 Å². The lowest BCUT2D eigenvalue weighted by Gasteiger charge is -2.14. The Morgan fingerprint density at radius 3 is 1.40 bits per heavy atom. The predicted octanol–water partition coefficient (Wildman–Crippen LogP) is 12.4. The number of hydrogen-bond acceptors (Lipinski definition) is 0. The summed E-state index contributed by atoms with van der Waals surface area (Å²) < 4.78 is 4.89. The molecule has 0 aliphatic carbocycles. The molecule has 0 bridgehead atoms. The third kappa shape index (κ3) is 4.00. The number of nitrogens with zero attached hydrogens (tertiary/aromatic N) is 2. The molecule has 0 spiro atoms. The number of hydrogen-bond donors (Lipinski definition) is 0. The van der Waals surface area contributed by atoms with Crippen LogP contribution in [0, 0.1) is 0 Å². The van der Waals surface area contributed by atoms with Gasteiger partial charge in [-0.3, -0.25) is 0 Å². The summed E-state index contributed by atoms with van der Waals surface area (Å²) in [7, 11) is 0. The zero-order valence-corrected chi connectivity index (χ0v) is 26.2. The summed E-state index contributed by atoms with van der Waals surface area (Å²) in [6, 6.07) is 66.1. The van der Waals surface area contributed by atoms with E-state index in [1.165, 1.54) is 82.3 Å². The van der Waals surface area contributed by atoms with Gasteiger partial charge in [0.25, 0.3) is 0 Å². The molecule has 10 rings (SSSR count). The van der Waals surface area contributed by atoms with Gasteiger partial charge in [0.2, 0.25) is 0 Å². The summed E-state index contributed by atoms with van der Waals surface area (Å²) in [5, 5.41) is 7.59. The maximum atomic E-state index is 2.46. The van der Waals surface area contributed by atoms with Gasteiger partial charge in [-0.2, -0.15) is 0 Å². The highest BCUT2D eigenvalue weighted by Crippen LogP contribution is 2.43. The van der Waals surface area contributed by atoms with E-state index in [1.54, 1.807) is 0 Å². The summed E-state index contributed by atoms with van der Waals surface area (Å²) in [5.41, 5.74) is 12.1. The van der Waals surface area contributed by atoms with E-state index in [9.17, 15) is 0 Å². The third-order valence-electron chi connectivity index (χ3n) is 9.89. The molecule has 0 saturated carbocycles. The minimum atomic E-state index is 1.16. The SMILES string of the molecule is c1ccc(-c2ccc(-n3c4ccccc4c4c5c6ccccc6n(-c6cc(-c7ccccc7)c7ccccc7c6)c5ccc43)cc2)cc1. The highest BCUT2D eigenvalue weighted by atomic mass is 15.0. The van der Waals surface area contributed by atoms with Crippen molar-refractivity contribution in [1.82, 2.24) is 9.13 Å². The lowest BCUT2D eigenvalue weighted by atomic mass is 9.97. The lowest BCUT2D eigenvalue weighted by molar-refractivity contribution is 1.17. The molecule has 2 nitrogen and oxygen atoms in total. The number of para-hydroxylation sites is 2. The first-order chi connectivity index (χ1) is 23.8. The fourth-order valence-electron chi connectivity index (χ4n) is 7.79. The number of aromatic nitrogens is 2. The van der Waals surface area contributed by atoms with Gasteiger partial charge in [-0.1, -0.05) is 133 Å². The zero-order valence-electron chi connectivity index (χ0n) is 26.2. The highest BCUT2D eigenvalue weighted by Gasteiger charge is 2.21. The lowest BCUT2D eigenvalue weighted by Crippen LogP contribution is -1.96. The van der Waals surface area contributed by atoms with Crippen molar-refractivity contribution in [2.75, 3.05) is 0 Å². The van der Waals surface area contributed by atoms with Crippen molar-refractivity contribution < 1.29 is 0 Å². The first-order valence-electron chi connectivity index (χ1n) is 16.5. The van der Waals surface area contributed by atoms with E-state index < -0.39 is 0 Å². The van der Waals surface area contributed by atoms with Crippen molar-refractivity contribution in [2.45, 2.75) is 0 Å². The molecule has 0 atom stereocenters. The van der Waals surface area contributed by atoms with Gasteiger partial charge >= 0.3 is 0 Å². The van der Waals surface area contributed by atoms with Crippen LogP contribution in [-0.4, -0.2) is 9.13 Å². The molecular weight excluding hydrogens is 581 g/mol. The Bertz CT molecular complexity index is 2800. The molecular formula is C46H30N2. The largest absolute Gasteiger partial charge is 0.309 e. The highest BCUT2D eigenvalue weighted by molar-refractivity contribution is 6.29. The molecule has 2 heterocycles. The Morgan fingerprint density at radius 2 is 0.771 bits per heavy atom. The van der Waals surface area contributed by atoms with E-state index in [0.29, 0.717) is 0 Å². The van der Waals surface area contributed by atoms with Crippen LogP contribution in [0.25, 0.3) is 88.0 Å². The standard InChI is InChI=1S/C46H30N2/c1-3-13-31(14-4-1)32-23-25-35(26-24-32)47-41-21-11-9-19-38(41)45-43(47)27-28-44-46(45)39-20-10-12-22-42(39)48(44)36-29-34-17-7-8-18-37(34)40(30-36)33-15-5-2-6-16-33/h1-30H. The van der Waals surface area contributed by atoms with Gasteiger partial charge in [-0.05, 0) is 81.6 Å². The van der Waals surface area contributed by atoms with Crippen molar-refractivity contribution >= 4 is 54.4 Å². The first-order valence-corrected chi connectivity index (χ1v) is 16.5. The molecule has 0 aliphatic rings. The molecule has 2 aromatic heterocycles. The van der Waals surface area contributed by atoms with Gasteiger partial charge in [-0.15, -0.1) is 0 Å². The van der Waals surface area contributed by atoms with Crippen LogP contribution in [0.5, 0.6) is 0 Å². The number of fused-ring (bicyclic) bond motifs is 8. The van der Waals surface area contributed by atoms with Gasteiger partial charge in [0.1, 0.15) is 0 Å². The Hall–Kier alpha value is -6.38. The van der Waals surface area contributed by atoms with Gasteiger partial charge in [-0.25, -0.2) is 0 Å². The molecule has 0 fully saturated rings. The summed E-state index contributed by atoms with van der Waals surface area (Å²) in [6.45, 7) is 0. The Kier molecular flexibility index (Phi) is 5.91. The van der Waals surface area contributed by atoms with Crippen molar-refractivity contribution in [3.63, 3.8) is 0 Å². The van der Waals surface area contributed by atoms with Crippen molar-refractivity contribution in [3.8, 4) is 33.6 Å². The summed E-state index contributed by atoms with van der Waals surface area (Å²) >= 11 is 0. The molecule has 0 N–H and O–H groups in total. The molecule has 48 heavy (non-hydrogen) atoms. The molecule has 0 unspecified atom stereocenters. The zero-order chi connectivity index (χ0) is 31.6. The summed E-state index contributed by atoms with van der Waals surface area (Å²) in [5.74, 6) is 0. The number of rotatable bonds is 4. The normalized spacial score (nSPS) is 11.8. The Balaban J connectivity index is 1.27. The molecule has 224 valence electrons. The molecule has 0 saturated heterocycles. The summed E-state index contributed by atoms with van der Waals surface area (Å²) in [6.07, 6.45) is 0. The van der Waals surface area contributed by atoms with Crippen LogP contribution in [0.15, 0.2) is 182 Å². The monoisotopic (exact) mass is 610 g/mol. The molecule has 0 aliphatic heterocycles. The average Bonchev–Trinajstić information content (AvgIpc) is 3.68. The molecule has 2 heteroatoms. The fraction of sp³-hybridized carbons (Fsp3) is 0. The van der Waals surface area contributed by atoms with Crippen molar-refractivity contribution in [1.29, 1.82) is 0 Å². The molecule has 8 aromatic carbocycles. The second-order valence-corrected chi connectivity index (χ2v) is 12.6. The smallest absolute Gasteiger partial charge is 0.0548 e. The van der Waals surface area contributed by atoms with Crippen LogP contribution in [-0.2, 0) is 0 Å². The average molecular weight is 611 g/mol. The minimum absolute atomic E-state index is 1.16. The predicted molar refractivity (Wildman–Crippen MR) is 203 cm³/mol. The Labute approximate surface area is 278 Å². The second kappa shape index (κ2) is 10.6. The topological polar surface area (TPSA) is 9.86 Å². The number of benzene rings is 8. The van der Waals surface area contributed by atoms with E-state index >= 15 is 0 Å². The van der Waals surface area contributed by atoms with Gasteiger partial charge in [0.05, 0.1) is 22.1 Å². The second-order valence-electron chi connectivity index (χ2n) is 12.6. The maximum Gasteiger partial charge on any atom is 0.0548 e. The van der Waals surface area contributed by atoms with Crippen LogP contribution in [0.1, 0.15) is 0 Å². The van der Waals surface area contributed by atoms with Gasteiger partial charge in [0, 0.05) is 32.9 Å². The van der Waals surface area contributed by atoms with Crippen LogP contribution >= 0.6 is 0 Å². The van der Waals surface area contributed by atoms with E-state index in [1.807, 2.05) is 0 Å². The maximum absolute atomic E-state index is 2.46. The van der Waals surface area contributed by atoms with Crippen LogP contribution in [0.4, 0.5) is 0 Å². The molecule has 0 radical (unpaired) electrons. The van der Waals surface area contributed by atoms with Gasteiger partial charge < -0.3 is 9.13 Å².